The number of hydrogen-bond donors (Lipinski definition) is 1. The van der Waals surface area contributed by atoms with Crippen molar-refractivity contribution in [3.8, 4) is 17.6 Å². The van der Waals surface area contributed by atoms with Crippen molar-refractivity contribution < 1.29 is 23.5 Å². The normalized spacial score (nSPS) is 14.3. The lowest BCUT2D eigenvalue weighted by atomic mass is 10.3. The number of aromatic nitrogens is 2. The van der Waals surface area contributed by atoms with E-state index in [2.05, 4.69) is 15.3 Å². The first kappa shape index (κ1) is 15.7. The van der Waals surface area contributed by atoms with E-state index in [1.165, 1.54) is 42.5 Å². The number of benzene rings is 1. The van der Waals surface area contributed by atoms with Crippen LogP contribution in [0.25, 0.3) is 0 Å². The molecule has 0 atom stereocenters. The number of hydrogen-bond acceptors (Lipinski definition) is 6. The highest BCUT2D eigenvalue weighted by Gasteiger charge is 2.27. The average molecular weight is 332 g/mol. The second-order valence-corrected chi connectivity index (χ2v) is 4.86. The van der Waals surface area contributed by atoms with E-state index in [0.29, 0.717) is 11.4 Å². The van der Waals surface area contributed by atoms with Crippen LogP contribution in [0.1, 0.15) is 6.42 Å². The van der Waals surface area contributed by atoms with Gasteiger partial charge in [-0.3, -0.25) is 15.0 Å². The number of anilines is 1. The third kappa shape index (κ3) is 3.24. The summed E-state index contributed by atoms with van der Waals surface area (Å²) in [7, 11) is 1.39. The van der Waals surface area contributed by atoms with Gasteiger partial charge in [-0.05, 0) is 24.3 Å². The molecule has 0 radical (unpaired) electrons. The summed E-state index contributed by atoms with van der Waals surface area (Å²) < 4.78 is 23.5. The number of rotatable bonds is 4. The molecule has 1 saturated heterocycles. The van der Waals surface area contributed by atoms with Crippen LogP contribution in [0.15, 0.2) is 30.5 Å². The third-order valence-electron chi connectivity index (χ3n) is 3.27. The fourth-order valence-electron chi connectivity index (χ4n) is 2.13. The molecular formula is C15H13FN4O4. The van der Waals surface area contributed by atoms with E-state index in [1.54, 1.807) is 0 Å². The Balaban J connectivity index is 1.84. The molecular weight excluding hydrogens is 319 g/mol. The molecule has 9 heteroatoms. The first-order valence-electron chi connectivity index (χ1n) is 7.02. The van der Waals surface area contributed by atoms with Gasteiger partial charge in [0.15, 0.2) is 0 Å². The minimum absolute atomic E-state index is 0.0179. The molecule has 1 aromatic carbocycles. The lowest BCUT2D eigenvalue weighted by Crippen LogP contribution is -2.49. The predicted octanol–water partition coefficient (Wildman–Crippen LogP) is 1.86. The minimum atomic E-state index is -0.569. The Kier molecular flexibility index (Phi) is 4.23. The van der Waals surface area contributed by atoms with Crippen LogP contribution >= 0.6 is 0 Å². The summed E-state index contributed by atoms with van der Waals surface area (Å²) in [6.07, 6.45) is 1.53. The van der Waals surface area contributed by atoms with E-state index in [-0.39, 0.29) is 36.6 Å². The summed E-state index contributed by atoms with van der Waals surface area (Å²) in [5.41, 5.74) is 0.314. The molecule has 0 bridgehead atoms. The first-order valence-corrected chi connectivity index (χ1v) is 7.02. The van der Waals surface area contributed by atoms with E-state index < -0.39 is 6.03 Å². The van der Waals surface area contributed by atoms with E-state index in [4.69, 9.17) is 9.47 Å². The number of nitrogens with one attached hydrogen (secondary N) is 1. The first-order chi connectivity index (χ1) is 11.6. The summed E-state index contributed by atoms with van der Waals surface area (Å²) in [5.74, 6) is -0.256. The van der Waals surface area contributed by atoms with Crippen LogP contribution in [-0.2, 0) is 4.79 Å². The lowest BCUT2D eigenvalue weighted by Gasteiger charge is -2.26. The largest absolute Gasteiger partial charge is 0.479 e. The van der Waals surface area contributed by atoms with Gasteiger partial charge >= 0.3 is 12.0 Å². The van der Waals surface area contributed by atoms with Crippen LogP contribution in [0.4, 0.5) is 14.9 Å². The van der Waals surface area contributed by atoms with Crippen molar-refractivity contribution in [1.29, 1.82) is 0 Å². The van der Waals surface area contributed by atoms with Crippen LogP contribution in [0.5, 0.6) is 17.6 Å². The smallest absolute Gasteiger partial charge is 0.328 e. The zero-order valence-corrected chi connectivity index (χ0v) is 12.7. The molecule has 0 spiro atoms. The quantitative estimate of drug-likeness (QED) is 0.918. The van der Waals surface area contributed by atoms with E-state index in [1.807, 2.05) is 0 Å². The van der Waals surface area contributed by atoms with Crippen molar-refractivity contribution >= 4 is 17.6 Å². The Morgan fingerprint density at radius 3 is 2.67 bits per heavy atom. The van der Waals surface area contributed by atoms with Crippen molar-refractivity contribution in [2.24, 2.45) is 0 Å². The number of amides is 3. The highest BCUT2D eigenvalue weighted by atomic mass is 19.1. The fraction of sp³-hybridized carbons (Fsp3) is 0.200. The van der Waals surface area contributed by atoms with Gasteiger partial charge in [-0.15, -0.1) is 0 Å². The molecule has 2 aromatic rings. The average Bonchev–Trinajstić information content (AvgIpc) is 2.57. The van der Waals surface area contributed by atoms with Gasteiger partial charge in [0.2, 0.25) is 11.8 Å². The summed E-state index contributed by atoms with van der Waals surface area (Å²) in [6, 6.07) is 4.77. The Bertz CT molecular complexity index is 782. The molecule has 2 heterocycles. The van der Waals surface area contributed by atoms with Gasteiger partial charge in [-0.2, -0.15) is 4.98 Å². The summed E-state index contributed by atoms with van der Waals surface area (Å²) in [5, 5.41) is 2.21. The van der Waals surface area contributed by atoms with Crippen LogP contribution in [0.3, 0.4) is 0 Å². The maximum Gasteiger partial charge on any atom is 0.328 e. The van der Waals surface area contributed by atoms with E-state index >= 15 is 0 Å². The van der Waals surface area contributed by atoms with Crippen molar-refractivity contribution in [1.82, 2.24) is 15.3 Å². The van der Waals surface area contributed by atoms with E-state index in [0.717, 1.165) is 0 Å². The SMILES string of the molecule is COc1nc(Oc2ccc(F)cc2)ncc1N1CCC(=O)NC1=O. The molecule has 3 amide bonds. The van der Waals surface area contributed by atoms with E-state index in [9.17, 15) is 14.0 Å². The maximum atomic E-state index is 12.9. The number of carbonyl (C=O) groups is 2. The molecule has 1 aliphatic rings. The zero-order valence-electron chi connectivity index (χ0n) is 12.7. The molecule has 8 nitrogen and oxygen atoms in total. The minimum Gasteiger partial charge on any atom is -0.479 e. The molecule has 1 aromatic heterocycles. The Morgan fingerprint density at radius 1 is 1.25 bits per heavy atom. The second-order valence-electron chi connectivity index (χ2n) is 4.86. The highest BCUT2D eigenvalue weighted by Crippen LogP contribution is 2.29. The second kappa shape index (κ2) is 6.49. The summed E-state index contributed by atoms with van der Waals surface area (Å²) in [4.78, 5) is 32.5. The van der Waals surface area contributed by atoms with Crippen molar-refractivity contribution in [3.63, 3.8) is 0 Å². The number of carbonyl (C=O) groups excluding carboxylic acids is 2. The van der Waals surface area contributed by atoms with Gasteiger partial charge in [-0.1, -0.05) is 0 Å². The highest BCUT2D eigenvalue weighted by molar-refractivity contribution is 6.06. The molecule has 0 aliphatic carbocycles. The van der Waals surface area contributed by atoms with Gasteiger partial charge < -0.3 is 9.47 Å². The molecule has 3 rings (SSSR count). The Morgan fingerprint density at radius 2 is 2.00 bits per heavy atom. The number of urea groups is 1. The Hall–Kier alpha value is -3.23. The van der Waals surface area contributed by atoms with Gasteiger partial charge in [0.1, 0.15) is 17.3 Å². The Labute approximate surface area is 136 Å². The number of nitrogens with zero attached hydrogens (tertiary/aromatic N) is 3. The fourth-order valence-corrected chi connectivity index (χ4v) is 2.13. The third-order valence-corrected chi connectivity index (χ3v) is 3.27. The molecule has 0 unspecified atom stereocenters. The predicted molar refractivity (Wildman–Crippen MR) is 80.6 cm³/mol. The standard InChI is InChI=1S/C15H13FN4O4/c1-23-13-11(20-7-6-12(21)18-15(20)22)8-17-14(19-13)24-10-4-2-9(16)3-5-10/h2-5,8H,6-7H2,1H3,(H,18,21,22). The number of methoxy groups -OCH3 is 1. The number of imide groups is 1. The van der Waals surface area contributed by atoms with Crippen LogP contribution in [-0.4, -0.2) is 35.6 Å². The molecule has 1 N–H and O–H groups in total. The van der Waals surface area contributed by atoms with Gasteiger partial charge in [-0.25, -0.2) is 14.2 Å². The maximum absolute atomic E-state index is 12.9. The van der Waals surface area contributed by atoms with Crippen molar-refractivity contribution in [2.75, 3.05) is 18.6 Å². The van der Waals surface area contributed by atoms with Crippen LogP contribution in [0, 0.1) is 5.82 Å². The lowest BCUT2D eigenvalue weighted by molar-refractivity contribution is -0.120. The summed E-state index contributed by atoms with van der Waals surface area (Å²) in [6.45, 7) is 0.197. The van der Waals surface area contributed by atoms with Crippen LogP contribution < -0.4 is 19.7 Å². The molecule has 24 heavy (non-hydrogen) atoms. The van der Waals surface area contributed by atoms with Crippen LogP contribution in [0.2, 0.25) is 0 Å². The number of halogens is 1. The van der Waals surface area contributed by atoms with Crippen molar-refractivity contribution in [2.45, 2.75) is 6.42 Å². The molecule has 1 fully saturated rings. The topological polar surface area (TPSA) is 93.7 Å². The zero-order chi connectivity index (χ0) is 17.1. The van der Waals surface area contributed by atoms with Gasteiger partial charge in [0.05, 0.1) is 13.3 Å². The van der Waals surface area contributed by atoms with Gasteiger partial charge in [0.25, 0.3) is 0 Å². The van der Waals surface area contributed by atoms with Crippen molar-refractivity contribution in [3.05, 3.63) is 36.3 Å². The summed E-state index contributed by atoms with van der Waals surface area (Å²) >= 11 is 0. The molecule has 0 saturated carbocycles. The molecule has 124 valence electrons. The monoisotopic (exact) mass is 332 g/mol. The van der Waals surface area contributed by atoms with Gasteiger partial charge in [0, 0.05) is 13.0 Å². The number of ether oxygens (including phenoxy) is 2. The molecule has 1 aliphatic heterocycles.